The van der Waals surface area contributed by atoms with E-state index in [-0.39, 0.29) is 0 Å². The number of carboxylic acid groups (broad SMARTS) is 1. The molecule has 1 saturated heterocycles. The Hall–Kier alpha value is -1.01. The van der Waals surface area contributed by atoms with E-state index in [0.29, 0.717) is 30.2 Å². The fourth-order valence-electron chi connectivity index (χ4n) is 2.15. The van der Waals surface area contributed by atoms with Gasteiger partial charge in [-0.2, -0.15) is 0 Å². The largest absolute Gasteiger partial charge is 0.478 e. The lowest BCUT2D eigenvalue weighted by Gasteiger charge is -2.30. The van der Waals surface area contributed by atoms with Crippen molar-refractivity contribution in [2.45, 2.75) is 11.8 Å². The summed E-state index contributed by atoms with van der Waals surface area (Å²) in [5, 5.41) is 9.46. The zero-order valence-corrected chi connectivity index (χ0v) is 12.4. The van der Waals surface area contributed by atoms with Gasteiger partial charge in [0.05, 0.1) is 11.3 Å². The summed E-state index contributed by atoms with van der Waals surface area (Å²) in [5.74, 6) is 1.18. The molecule has 0 saturated carbocycles. The molecule has 19 heavy (non-hydrogen) atoms. The highest BCUT2D eigenvalue weighted by atomic mass is 32.2. The van der Waals surface area contributed by atoms with Crippen LogP contribution in [0.1, 0.15) is 17.3 Å². The molecule has 1 aromatic carbocycles. The van der Waals surface area contributed by atoms with Crippen molar-refractivity contribution >= 4 is 34.2 Å². The molecule has 1 heterocycles. The summed E-state index contributed by atoms with van der Waals surface area (Å²) in [5.41, 5.74) is 1.13. The van der Waals surface area contributed by atoms with Gasteiger partial charge in [-0.25, -0.2) is 4.79 Å². The lowest BCUT2D eigenvalue weighted by atomic mass is 10.1. The third-order valence-corrected chi connectivity index (χ3v) is 5.25. The first-order valence-electron chi connectivity index (χ1n) is 6.22. The van der Waals surface area contributed by atoms with Crippen molar-refractivity contribution in [1.29, 1.82) is 0 Å². The van der Waals surface area contributed by atoms with Crippen LogP contribution in [0.25, 0.3) is 0 Å². The summed E-state index contributed by atoms with van der Waals surface area (Å²) in [6.45, 7) is 3.33. The maximum Gasteiger partial charge on any atom is 0.338 e. The van der Waals surface area contributed by atoms with Gasteiger partial charge in [-0.1, -0.05) is 13.0 Å². The van der Waals surface area contributed by atoms with Gasteiger partial charge < -0.3 is 10.0 Å². The Morgan fingerprint density at radius 2 is 2.11 bits per heavy atom. The highest BCUT2D eigenvalue weighted by Crippen LogP contribution is 2.31. The van der Waals surface area contributed by atoms with Gasteiger partial charge in [0.25, 0.3) is 0 Å². The third-order valence-electron chi connectivity index (χ3n) is 3.04. The number of rotatable bonds is 4. The van der Waals surface area contributed by atoms with Crippen LogP contribution >= 0.6 is 11.8 Å². The van der Waals surface area contributed by atoms with Crippen LogP contribution in [0, 0.1) is 0 Å². The number of anilines is 1. The first kappa shape index (κ1) is 14.4. The molecule has 0 amide bonds. The molecule has 0 radical (unpaired) electrons. The quantitative estimate of drug-likeness (QED) is 0.863. The second-order valence-corrected chi connectivity index (χ2v) is 7.23. The highest BCUT2D eigenvalue weighted by molar-refractivity contribution is 7.99. The van der Waals surface area contributed by atoms with Gasteiger partial charge in [0, 0.05) is 40.3 Å². The molecule has 1 aliphatic rings. The average Bonchev–Trinajstić information content (AvgIpc) is 2.39. The van der Waals surface area contributed by atoms with Crippen LogP contribution in [-0.4, -0.2) is 45.6 Å². The molecule has 0 bridgehead atoms. The van der Waals surface area contributed by atoms with Crippen LogP contribution in [0.15, 0.2) is 23.1 Å². The summed E-state index contributed by atoms with van der Waals surface area (Å²) < 4.78 is 11.4. The van der Waals surface area contributed by atoms with Crippen molar-refractivity contribution in [3.05, 3.63) is 23.8 Å². The van der Waals surface area contributed by atoms with Crippen LogP contribution in [0.5, 0.6) is 0 Å². The number of nitrogens with zero attached hydrogens (tertiary/aromatic N) is 1. The summed E-state index contributed by atoms with van der Waals surface area (Å²) in [6.07, 6.45) is 0. The first-order chi connectivity index (χ1) is 9.13. The molecule has 4 nitrogen and oxygen atoms in total. The van der Waals surface area contributed by atoms with Gasteiger partial charge in [0.2, 0.25) is 0 Å². The van der Waals surface area contributed by atoms with Gasteiger partial charge in [0.1, 0.15) is 0 Å². The minimum absolute atomic E-state index is 0.377. The Morgan fingerprint density at radius 3 is 2.68 bits per heavy atom. The first-order valence-corrected chi connectivity index (χ1v) is 8.70. The summed E-state index contributed by atoms with van der Waals surface area (Å²) in [7, 11) is -0.755. The van der Waals surface area contributed by atoms with Gasteiger partial charge >= 0.3 is 5.97 Å². The van der Waals surface area contributed by atoms with E-state index in [4.69, 9.17) is 0 Å². The van der Waals surface area contributed by atoms with E-state index in [0.717, 1.165) is 16.3 Å². The Bertz CT molecular complexity index is 495. The minimum Gasteiger partial charge on any atom is -0.478 e. The highest BCUT2D eigenvalue weighted by Gasteiger charge is 2.22. The summed E-state index contributed by atoms with van der Waals surface area (Å²) in [6, 6.07) is 5.59. The SMILES string of the molecule is CCSc1cccc(N2CCS(=O)CC2)c1C(=O)O. The smallest absolute Gasteiger partial charge is 0.338 e. The lowest BCUT2D eigenvalue weighted by molar-refractivity contribution is 0.0694. The molecule has 0 aliphatic carbocycles. The van der Waals surface area contributed by atoms with Crippen LogP contribution in [0.3, 0.4) is 0 Å². The molecular weight excluding hydrogens is 282 g/mol. The second kappa shape index (κ2) is 6.43. The van der Waals surface area contributed by atoms with E-state index in [9.17, 15) is 14.1 Å². The van der Waals surface area contributed by atoms with Crippen molar-refractivity contribution in [1.82, 2.24) is 0 Å². The van der Waals surface area contributed by atoms with Crippen LogP contribution in [-0.2, 0) is 10.8 Å². The molecule has 6 heteroatoms. The zero-order chi connectivity index (χ0) is 13.8. The fourth-order valence-corrected chi connectivity index (χ4v) is 4.03. The lowest BCUT2D eigenvalue weighted by Crippen LogP contribution is -2.38. The number of benzene rings is 1. The van der Waals surface area contributed by atoms with Crippen molar-refractivity contribution in [3.8, 4) is 0 Å². The zero-order valence-electron chi connectivity index (χ0n) is 10.8. The normalized spacial score (nSPS) is 16.6. The van der Waals surface area contributed by atoms with E-state index in [1.54, 1.807) is 11.8 Å². The van der Waals surface area contributed by atoms with E-state index >= 15 is 0 Å². The summed E-state index contributed by atoms with van der Waals surface area (Å²) in [4.78, 5) is 14.4. The van der Waals surface area contributed by atoms with E-state index in [2.05, 4.69) is 0 Å². The van der Waals surface area contributed by atoms with E-state index in [1.807, 2.05) is 30.0 Å². The van der Waals surface area contributed by atoms with E-state index in [1.165, 1.54) is 0 Å². The van der Waals surface area contributed by atoms with Crippen LogP contribution in [0.2, 0.25) is 0 Å². The topological polar surface area (TPSA) is 57.6 Å². The Morgan fingerprint density at radius 1 is 1.42 bits per heavy atom. The Kier molecular flexibility index (Phi) is 4.87. The molecule has 0 spiro atoms. The predicted molar refractivity (Wildman–Crippen MR) is 79.9 cm³/mol. The Labute approximate surface area is 119 Å². The molecule has 2 rings (SSSR count). The van der Waals surface area contributed by atoms with Crippen LogP contribution < -0.4 is 4.90 Å². The van der Waals surface area contributed by atoms with Crippen molar-refractivity contribution in [2.24, 2.45) is 0 Å². The molecule has 1 aliphatic heterocycles. The molecule has 0 aromatic heterocycles. The molecule has 0 unspecified atom stereocenters. The van der Waals surface area contributed by atoms with E-state index < -0.39 is 16.8 Å². The van der Waals surface area contributed by atoms with Crippen molar-refractivity contribution < 1.29 is 14.1 Å². The maximum atomic E-state index is 11.5. The predicted octanol–water partition coefficient (Wildman–Crippen LogP) is 2.07. The fraction of sp³-hybridized carbons (Fsp3) is 0.462. The standard InChI is InChI=1S/C13H17NO3S2/c1-2-18-11-5-3-4-10(12(11)13(15)16)14-6-8-19(17)9-7-14/h3-5H,2,6-9H2,1H3,(H,15,16). The van der Waals surface area contributed by atoms with Gasteiger partial charge in [-0.3, -0.25) is 4.21 Å². The molecule has 0 atom stereocenters. The van der Waals surface area contributed by atoms with Gasteiger partial charge in [0.15, 0.2) is 0 Å². The average molecular weight is 299 g/mol. The monoisotopic (exact) mass is 299 g/mol. The minimum atomic E-state index is -0.891. The van der Waals surface area contributed by atoms with Gasteiger partial charge in [-0.05, 0) is 17.9 Å². The van der Waals surface area contributed by atoms with Crippen LogP contribution in [0.4, 0.5) is 5.69 Å². The number of hydrogen-bond acceptors (Lipinski definition) is 4. The third kappa shape index (κ3) is 3.30. The second-order valence-electron chi connectivity index (χ2n) is 4.22. The number of hydrogen-bond donors (Lipinski definition) is 1. The summed E-state index contributed by atoms with van der Waals surface area (Å²) >= 11 is 1.54. The van der Waals surface area contributed by atoms with Crippen molar-refractivity contribution in [2.75, 3.05) is 35.2 Å². The molecule has 1 N–H and O–H groups in total. The maximum absolute atomic E-state index is 11.5. The molecule has 1 aromatic rings. The molecular formula is C13H17NO3S2. The van der Waals surface area contributed by atoms with Gasteiger partial charge in [-0.15, -0.1) is 11.8 Å². The molecule has 1 fully saturated rings. The number of thioether (sulfide) groups is 1. The Balaban J connectivity index is 2.36. The van der Waals surface area contributed by atoms with Crippen molar-refractivity contribution in [3.63, 3.8) is 0 Å². The number of carbonyl (C=O) groups is 1. The molecule has 104 valence electrons. The number of carboxylic acids is 1. The number of aromatic carboxylic acids is 1.